The van der Waals surface area contributed by atoms with Crippen LogP contribution in [0.15, 0.2) is 11.3 Å². The third-order valence-electron chi connectivity index (χ3n) is 3.33. The van der Waals surface area contributed by atoms with Gasteiger partial charge in [0, 0.05) is 33.1 Å². The van der Waals surface area contributed by atoms with Crippen LogP contribution in [0.1, 0.15) is 25.3 Å². The minimum atomic E-state index is -1.07. The van der Waals surface area contributed by atoms with Crippen molar-refractivity contribution in [3.63, 3.8) is 0 Å². The summed E-state index contributed by atoms with van der Waals surface area (Å²) in [6, 6.07) is 0. The van der Waals surface area contributed by atoms with E-state index >= 15 is 0 Å². The molecule has 122 valence electrons. The molecular weight excluding hydrogens is 290 g/mol. The van der Waals surface area contributed by atoms with Crippen molar-refractivity contribution in [3.05, 3.63) is 12.0 Å². The standard InChI is InChI=1S/C13H21N5O4/c1-8(19)22-6-9(3-4-21-2)5-18-7-15-10-11(18)16-13(14)17-12(10)20/h7,9,12,20H,3-6H2,1-2H3,(H3,14,16,17). The fourth-order valence-electron chi connectivity index (χ4n) is 2.23. The van der Waals surface area contributed by atoms with Gasteiger partial charge in [0.05, 0.1) is 12.9 Å². The predicted molar refractivity (Wildman–Crippen MR) is 79.0 cm³/mol. The van der Waals surface area contributed by atoms with E-state index in [1.165, 1.54) is 6.92 Å². The van der Waals surface area contributed by atoms with E-state index in [0.717, 1.165) is 6.42 Å². The molecule has 22 heavy (non-hydrogen) atoms. The van der Waals surface area contributed by atoms with Gasteiger partial charge in [-0.25, -0.2) is 9.98 Å². The Bertz CT molecular complexity index is 557. The number of ether oxygens (including phenoxy) is 2. The summed E-state index contributed by atoms with van der Waals surface area (Å²) in [6.45, 7) is 2.77. The van der Waals surface area contributed by atoms with Gasteiger partial charge in [0.15, 0.2) is 12.2 Å². The van der Waals surface area contributed by atoms with Gasteiger partial charge in [-0.15, -0.1) is 0 Å². The Morgan fingerprint density at radius 1 is 1.64 bits per heavy atom. The number of esters is 1. The maximum Gasteiger partial charge on any atom is 0.302 e. The number of hydrogen-bond acceptors (Lipinski definition) is 8. The van der Waals surface area contributed by atoms with Crippen LogP contribution < -0.4 is 11.1 Å². The van der Waals surface area contributed by atoms with Gasteiger partial charge in [-0.05, 0) is 6.42 Å². The summed E-state index contributed by atoms with van der Waals surface area (Å²) in [4.78, 5) is 18.9. The van der Waals surface area contributed by atoms with E-state index in [2.05, 4.69) is 15.3 Å². The van der Waals surface area contributed by atoms with E-state index in [4.69, 9.17) is 15.2 Å². The molecule has 0 aliphatic carbocycles. The maximum atomic E-state index is 11.0. The first-order valence-electron chi connectivity index (χ1n) is 6.97. The Labute approximate surface area is 128 Å². The zero-order valence-electron chi connectivity index (χ0n) is 12.7. The summed E-state index contributed by atoms with van der Waals surface area (Å²) < 4.78 is 12.0. The molecule has 2 heterocycles. The maximum absolute atomic E-state index is 11.0. The fraction of sp³-hybridized carbons (Fsp3) is 0.615. The van der Waals surface area contributed by atoms with Crippen LogP contribution in [0.2, 0.25) is 0 Å². The van der Waals surface area contributed by atoms with Gasteiger partial charge < -0.3 is 30.2 Å². The zero-order valence-corrected chi connectivity index (χ0v) is 12.7. The first kappa shape index (κ1) is 16.2. The van der Waals surface area contributed by atoms with Gasteiger partial charge >= 0.3 is 5.97 Å². The Morgan fingerprint density at radius 2 is 2.41 bits per heavy atom. The Balaban J connectivity index is 2.08. The van der Waals surface area contributed by atoms with Crippen LogP contribution in [0.4, 0.5) is 5.82 Å². The molecule has 0 saturated carbocycles. The number of aliphatic hydroxyl groups excluding tert-OH is 1. The second-order valence-corrected chi connectivity index (χ2v) is 5.09. The minimum absolute atomic E-state index is 0.0567. The number of nitrogens with zero attached hydrogens (tertiary/aromatic N) is 3. The number of aliphatic hydroxyl groups is 1. The number of fused-ring (bicyclic) bond motifs is 1. The first-order valence-corrected chi connectivity index (χ1v) is 6.97. The number of carbonyl (C=O) groups is 1. The lowest BCUT2D eigenvalue weighted by Crippen LogP contribution is -2.30. The lowest BCUT2D eigenvalue weighted by Gasteiger charge is -2.21. The quantitative estimate of drug-likeness (QED) is 0.597. The van der Waals surface area contributed by atoms with Crippen LogP contribution in [-0.2, 0) is 20.8 Å². The molecule has 0 saturated heterocycles. The monoisotopic (exact) mass is 311 g/mol. The Kier molecular flexibility index (Phi) is 5.34. The lowest BCUT2D eigenvalue weighted by molar-refractivity contribution is -0.142. The highest BCUT2D eigenvalue weighted by Gasteiger charge is 2.24. The van der Waals surface area contributed by atoms with Crippen molar-refractivity contribution in [3.8, 4) is 0 Å². The number of aliphatic imine (C=N–C) groups is 1. The molecule has 1 aromatic rings. The molecule has 1 aromatic heterocycles. The number of rotatable bonds is 7. The van der Waals surface area contributed by atoms with Crippen LogP contribution >= 0.6 is 0 Å². The topological polar surface area (TPSA) is 124 Å². The SMILES string of the molecule is COCCC(COC(C)=O)Cn1cnc2c1NC(N)=NC2O. The van der Waals surface area contributed by atoms with Gasteiger partial charge in [0.2, 0.25) is 0 Å². The number of methoxy groups -OCH3 is 1. The van der Waals surface area contributed by atoms with Crippen molar-refractivity contribution < 1.29 is 19.4 Å². The van der Waals surface area contributed by atoms with Crippen LogP contribution in [-0.4, -0.2) is 46.9 Å². The molecule has 0 fully saturated rings. The smallest absolute Gasteiger partial charge is 0.302 e. The summed E-state index contributed by atoms with van der Waals surface area (Å²) in [6.07, 6.45) is 1.26. The summed E-state index contributed by atoms with van der Waals surface area (Å²) >= 11 is 0. The van der Waals surface area contributed by atoms with Gasteiger partial charge in [0.25, 0.3) is 0 Å². The summed E-state index contributed by atoms with van der Waals surface area (Å²) in [5, 5.41) is 12.7. The van der Waals surface area contributed by atoms with Crippen molar-refractivity contribution in [1.82, 2.24) is 9.55 Å². The molecular formula is C13H21N5O4. The predicted octanol–water partition coefficient (Wildman–Crippen LogP) is -0.170. The number of nitrogens with two attached hydrogens (primary N) is 1. The number of guanidine groups is 1. The van der Waals surface area contributed by atoms with E-state index in [0.29, 0.717) is 24.7 Å². The second-order valence-electron chi connectivity index (χ2n) is 5.09. The zero-order chi connectivity index (χ0) is 16.1. The van der Waals surface area contributed by atoms with Gasteiger partial charge in [-0.3, -0.25) is 4.79 Å². The van der Waals surface area contributed by atoms with Gasteiger partial charge in [-0.2, -0.15) is 0 Å². The lowest BCUT2D eigenvalue weighted by atomic mass is 10.1. The van der Waals surface area contributed by atoms with Crippen molar-refractivity contribution in [2.24, 2.45) is 16.6 Å². The highest BCUT2D eigenvalue weighted by molar-refractivity contribution is 5.93. The summed E-state index contributed by atoms with van der Waals surface area (Å²) in [5.74, 6) is 0.474. The molecule has 1 aliphatic heterocycles. The molecule has 0 aromatic carbocycles. The second kappa shape index (κ2) is 7.23. The highest BCUT2D eigenvalue weighted by Crippen LogP contribution is 2.27. The number of imidazole rings is 1. The van der Waals surface area contributed by atoms with Crippen molar-refractivity contribution >= 4 is 17.7 Å². The number of hydrogen-bond donors (Lipinski definition) is 3. The molecule has 9 nitrogen and oxygen atoms in total. The average molecular weight is 311 g/mol. The summed E-state index contributed by atoms with van der Waals surface area (Å²) in [7, 11) is 1.62. The summed E-state index contributed by atoms with van der Waals surface area (Å²) in [5.41, 5.74) is 6.05. The number of anilines is 1. The van der Waals surface area contributed by atoms with Gasteiger partial charge in [-0.1, -0.05) is 0 Å². The molecule has 0 spiro atoms. The number of aromatic nitrogens is 2. The van der Waals surface area contributed by atoms with E-state index in [1.807, 2.05) is 4.57 Å². The van der Waals surface area contributed by atoms with Crippen LogP contribution in [0.25, 0.3) is 0 Å². The van der Waals surface area contributed by atoms with Crippen molar-refractivity contribution in [2.75, 3.05) is 25.6 Å². The van der Waals surface area contributed by atoms with Crippen LogP contribution in [0, 0.1) is 5.92 Å². The van der Waals surface area contributed by atoms with Crippen LogP contribution in [0.3, 0.4) is 0 Å². The van der Waals surface area contributed by atoms with Crippen molar-refractivity contribution in [1.29, 1.82) is 0 Å². The van der Waals surface area contributed by atoms with E-state index in [1.54, 1.807) is 13.4 Å². The average Bonchev–Trinajstić information content (AvgIpc) is 2.85. The minimum Gasteiger partial charge on any atom is -0.466 e. The molecule has 0 amide bonds. The normalized spacial score (nSPS) is 18.1. The first-order chi connectivity index (χ1) is 10.5. The van der Waals surface area contributed by atoms with E-state index in [9.17, 15) is 9.90 Å². The number of carbonyl (C=O) groups excluding carboxylic acids is 1. The van der Waals surface area contributed by atoms with Gasteiger partial charge in [0.1, 0.15) is 11.5 Å². The van der Waals surface area contributed by atoms with E-state index < -0.39 is 6.23 Å². The molecule has 0 radical (unpaired) electrons. The van der Waals surface area contributed by atoms with E-state index in [-0.39, 0.29) is 24.5 Å². The largest absolute Gasteiger partial charge is 0.466 e. The molecule has 0 bridgehead atoms. The number of nitrogens with one attached hydrogen (secondary N) is 1. The molecule has 9 heteroatoms. The Hall–Kier alpha value is -2.13. The third kappa shape index (κ3) is 3.95. The third-order valence-corrected chi connectivity index (χ3v) is 3.33. The molecule has 2 unspecified atom stereocenters. The molecule has 2 atom stereocenters. The Morgan fingerprint density at radius 3 is 3.09 bits per heavy atom. The molecule has 2 rings (SSSR count). The fourth-order valence-corrected chi connectivity index (χ4v) is 2.23. The van der Waals surface area contributed by atoms with Crippen LogP contribution in [0.5, 0.6) is 0 Å². The molecule has 4 N–H and O–H groups in total. The molecule has 1 aliphatic rings. The highest BCUT2D eigenvalue weighted by atomic mass is 16.5. The van der Waals surface area contributed by atoms with Crippen molar-refractivity contribution in [2.45, 2.75) is 26.1 Å².